The van der Waals surface area contributed by atoms with E-state index >= 15 is 0 Å². The van der Waals surface area contributed by atoms with Gasteiger partial charge in [0.1, 0.15) is 5.57 Å². The van der Waals surface area contributed by atoms with E-state index in [4.69, 9.17) is 9.47 Å². The number of carbonyl (C=O) groups excluding carboxylic acids is 2. The van der Waals surface area contributed by atoms with E-state index in [0.717, 1.165) is 11.1 Å². The van der Waals surface area contributed by atoms with Crippen LogP contribution in [0.25, 0.3) is 6.08 Å². The highest BCUT2D eigenvalue weighted by molar-refractivity contribution is 6.21. The molecule has 1 aliphatic heterocycles. The molecule has 31 heavy (non-hydrogen) atoms. The quantitative estimate of drug-likeness (QED) is 0.353. The van der Waals surface area contributed by atoms with Crippen molar-refractivity contribution in [2.75, 3.05) is 6.79 Å². The van der Waals surface area contributed by atoms with Crippen LogP contribution in [0.2, 0.25) is 0 Å². The van der Waals surface area contributed by atoms with Crippen LogP contribution in [0.3, 0.4) is 0 Å². The molecule has 0 fully saturated rings. The number of benzene rings is 3. The van der Waals surface area contributed by atoms with Gasteiger partial charge in [-0.25, -0.2) is 0 Å². The molecular formula is C25H22N2O4. The number of carbonyl (C=O) groups is 2. The topological polar surface area (TPSA) is 76.7 Å². The van der Waals surface area contributed by atoms with E-state index in [1.165, 1.54) is 0 Å². The minimum atomic E-state index is -0.452. The second-order valence-electron chi connectivity index (χ2n) is 7.01. The highest BCUT2D eigenvalue weighted by atomic mass is 16.7. The van der Waals surface area contributed by atoms with Gasteiger partial charge in [0, 0.05) is 13.1 Å². The van der Waals surface area contributed by atoms with E-state index in [-0.39, 0.29) is 12.4 Å². The molecule has 0 aromatic heterocycles. The van der Waals surface area contributed by atoms with Crippen LogP contribution in [0.5, 0.6) is 11.5 Å². The molecule has 6 nitrogen and oxygen atoms in total. The molecule has 0 bridgehead atoms. The zero-order chi connectivity index (χ0) is 21.5. The predicted molar refractivity (Wildman–Crippen MR) is 117 cm³/mol. The summed E-state index contributed by atoms with van der Waals surface area (Å²) in [5.74, 6) is 0.322. The van der Waals surface area contributed by atoms with Gasteiger partial charge in [-0.15, -0.1) is 0 Å². The van der Waals surface area contributed by atoms with Gasteiger partial charge in [-0.1, -0.05) is 66.7 Å². The second kappa shape index (κ2) is 9.63. The molecule has 2 N–H and O–H groups in total. The van der Waals surface area contributed by atoms with Gasteiger partial charge >= 0.3 is 0 Å². The third-order valence-electron chi connectivity index (χ3n) is 4.79. The van der Waals surface area contributed by atoms with Crippen LogP contribution in [0.1, 0.15) is 16.7 Å². The number of amides is 2. The fraction of sp³-hybridized carbons (Fsp3) is 0.120. The van der Waals surface area contributed by atoms with Crippen molar-refractivity contribution >= 4 is 17.9 Å². The third-order valence-corrected chi connectivity index (χ3v) is 4.79. The Kier molecular flexibility index (Phi) is 6.28. The molecular weight excluding hydrogens is 392 g/mol. The summed E-state index contributed by atoms with van der Waals surface area (Å²) in [7, 11) is 0. The summed E-state index contributed by atoms with van der Waals surface area (Å²) in [5, 5.41) is 5.65. The molecule has 156 valence electrons. The van der Waals surface area contributed by atoms with E-state index in [2.05, 4.69) is 10.6 Å². The van der Waals surface area contributed by atoms with Crippen LogP contribution in [-0.4, -0.2) is 18.6 Å². The Bertz CT molecular complexity index is 1040. The summed E-state index contributed by atoms with van der Waals surface area (Å²) in [6.45, 7) is 0.804. The van der Waals surface area contributed by atoms with Crippen LogP contribution < -0.4 is 20.1 Å². The average molecular weight is 414 g/mol. The lowest BCUT2D eigenvalue weighted by molar-refractivity contribution is -0.123. The Morgan fingerprint density at radius 2 is 1.29 bits per heavy atom. The lowest BCUT2D eigenvalue weighted by Crippen LogP contribution is -2.34. The molecule has 0 atom stereocenters. The first kappa shape index (κ1) is 20.2. The molecule has 1 heterocycles. The Morgan fingerprint density at radius 3 is 1.87 bits per heavy atom. The smallest absolute Gasteiger partial charge is 0.257 e. The van der Waals surface area contributed by atoms with Crippen molar-refractivity contribution in [1.29, 1.82) is 0 Å². The minimum absolute atomic E-state index is 0.0192. The largest absolute Gasteiger partial charge is 0.454 e. The Morgan fingerprint density at radius 1 is 0.742 bits per heavy atom. The molecule has 0 saturated carbocycles. The van der Waals surface area contributed by atoms with Gasteiger partial charge in [0.25, 0.3) is 11.8 Å². The first-order valence-corrected chi connectivity index (χ1v) is 9.94. The normalized spacial score (nSPS) is 11.5. The first-order chi connectivity index (χ1) is 15.2. The summed E-state index contributed by atoms with van der Waals surface area (Å²) < 4.78 is 10.7. The van der Waals surface area contributed by atoms with E-state index in [9.17, 15) is 9.59 Å². The SMILES string of the molecule is O=C(NCc1ccccc1)C(=Cc1ccc2c(c1)OCO2)C(=O)NCc1ccccc1. The molecule has 3 aromatic carbocycles. The number of fused-ring (bicyclic) bond motifs is 1. The maximum absolute atomic E-state index is 12.9. The molecule has 0 saturated heterocycles. The average Bonchev–Trinajstić information content (AvgIpc) is 3.29. The molecule has 1 aliphatic rings. The van der Waals surface area contributed by atoms with E-state index in [1.807, 2.05) is 60.7 Å². The van der Waals surface area contributed by atoms with E-state index < -0.39 is 11.8 Å². The predicted octanol–water partition coefficient (Wildman–Crippen LogP) is 3.43. The number of ether oxygens (including phenoxy) is 2. The van der Waals surface area contributed by atoms with Crippen molar-refractivity contribution in [1.82, 2.24) is 10.6 Å². The van der Waals surface area contributed by atoms with Crippen molar-refractivity contribution < 1.29 is 19.1 Å². The first-order valence-electron chi connectivity index (χ1n) is 9.94. The maximum Gasteiger partial charge on any atom is 0.257 e. The Hall–Kier alpha value is -4.06. The van der Waals surface area contributed by atoms with Crippen molar-refractivity contribution in [3.05, 3.63) is 101 Å². The van der Waals surface area contributed by atoms with Gasteiger partial charge in [0.15, 0.2) is 11.5 Å². The molecule has 0 radical (unpaired) electrons. The van der Waals surface area contributed by atoms with Crippen molar-refractivity contribution in [3.63, 3.8) is 0 Å². The highest BCUT2D eigenvalue weighted by Gasteiger charge is 2.19. The van der Waals surface area contributed by atoms with Gasteiger partial charge < -0.3 is 20.1 Å². The highest BCUT2D eigenvalue weighted by Crippen LogP contribution is 2.33. The van der Waals surface area contributed by atoms with Crippen LogP contribution >= 0.6 is 0 Å². The van der Waals surface area contributed by atoms with Crippen molar-refractivity contribution in [2.24, 2.45) is 0 Å². The van der Waals surface area contributed by atoms with E-state index in [1.54, 1.807) is 24.3 Å². The monoisotopic (exact) mass is 414 g/mol. The summed E-state index contributed by atoms with van der Waals surface area (Å²) in [6, 6.07) is 24.4. The van der Waals surface area contributed by atoms with Gasteiger partial charge in [-0.05, 0) is 34.9 Å². The molecule has 4 rings (SSSR count). The standard InChI is InChI=1S/C25H22N2O4/c28-24(26-15-18-7-3-1-4-8-18)21(25(29)27-16-19-9-5-2-6-10-19)13-20-11-12-22-23(14-20)31-17-30-22/h1-14H,15-17H2,(H,26,28)(H,27,29). The molecule has 0 unspecified atom stereocenters. The lowest BCUT2D eigenvalue weighted by atomic mass is 10.1. The molecule has 2 amide bonds. The zero-order valence-corrected chi connectivity index (χ0v) is 16.8. The van der Waals surface area contributed by atoms with Gasteiger partial charge in [-0.2, -0.15) is 0 Å². The minimum Gasteiger partial charge on any atom is -0.454 e. The summed E-state index contributed by atoms with van der Waals surface area (Å²) in [5.41, 5.74) is 2.58. The second-order valence-corrected chi connectivity index (χ2v) is 7.01. The zero-order valence-electron chi connectivity index (χ0n) is 16.8. The van der Waals surface area contributed by atoms with Crippen molar-refractivity contribution in [2.45, 2.75) is 13.1 Å². The Labute approximate surface area is 180 Å². The fourth-order valence-electron chi connectivity index (χ4n) is 3.15. The molecule has 3 aromatic rings. The lowest BCUT2D eigenvalue weighted by Gasteiger charge is -2.11. The van der Waals surface area contributed by atoms with Gasteiger partial charge in [-0.3, -0.25) is 9.59 Å². The maximum atomic E-state index is 12.9. The van der Waals surface area contributed by atoms with Crippen LogP contribution in [0, 0.1) is 0 Å². The molecule has 0 spiro atoms. The van der Waals surface area contributed by atoms with Crippen LogP contribution in [0.4, 0.5) is 0 Å². The van der Waals surface area contributed by atoms with E-state index in [0.29, 0.717) is 30.2 Å². The summed E-state index contributed by atoms with van der Waals surface area (Å²) in [4.78, 5) is 25.8. The number of hydrogen-bond acceptors (Lipinski definition) is 4. The summed E-state index contributed by atoms with van der Waals surface area (Å²) >= 11 is 0. The van der Waals surface area contributed by atoms with Crippen LogP contribution in [-0.2, 0) is 22.7 Å². The van der Waals surface area contributed by atoms with Gasteiger partial charge in [0.05, 0.1) is 0 Å². The molecule has 0 aliphatic carbocycles. The van der Waals surface area contributed by atoms with Crippen molar-refractivity contribution in [3.8, 4) is 11.5 Å². The molecule has 6 heteroatoms. The third kappa shape index (κ3) is 5.30. The Balaban J connectivity index is 1.53. The van der Waals surface area contributed by atoms with Gasteiger partial charge in [0.2, 0.25) is 6.79 Å². The van der Waals surface area contributed by atoms with Crippen LogP contribution in [0.15, 0.2) is 84.4 Å². The number of hydrogen-bond donors (Lipinski definition) is 2. The number of rotatable bonds is 7. The number of nitrogens with one attached hydrogen (secondary N) is 2. The summed E-state index contributed by atoms with van der Waals surface area (Å²) in [6.07, 6.45) is 1.56. The fourth-order valence-corrected chi connectivity index (χ4v) is 3.15.